The number of nitrogen functional groups attached to an aromatic ring is 1. The molecule has 1 aromatic heterocycles. The van der Waals surface area contributed by atoms with Gasteiger partial charge in [-0.2, -0.15) is 0 Å². The molecular weight excluding hydrogens is 442 g/mol. The summed E-state index contributed by atoms with van der Waals surface area (Å²) in [5, 5.41) is 6.06. The van der Waals surface area contributed by atoms with Gasteiger partial charge in [0, 0.05) is 35.1 Å². The van der Waals surface area contributed by atoms with Gasteiger partial charge in [-0.25, -0.2) is 4.79 Å². The zero-order valence-electron chi connectivity index (χ0n) is 18.6. The molecule has 0 saturated heterocycles. The molecule has 0 radical (unpaired) electrons. The van der Waals surface area contributed by atoms with Crippen molar-refractivity contribution in [2.75, 3.05) is 24.2 Å². The van der Waals surface area contributed by atoms with Crippen LogP contribution < -0.4 is 22.1 Å². The lowest BCUT2D eigenvalue weighted by Crippen LogP contribution is -2.31. The molecule has 6 N–H and O–H groups in total. The zero-order chi connectivity index (χ0) is 23.8. The van der Waals surface area contributed by atoms with E-state index in [9.17, 15) is 14.4 Å². The minimum absolute atomic E-state index is 0.0523. The van der Waals surface area contributed by atoms with Crippen LogP contribution in [0, 0.1) is 5.92 Å². The van der Waals surface area contributed by atoms with E-state index in [0.29, 0.717) is 10.7 Å². The molecule has 2 aliphatic rings. The average molecular weight is 472 g/mol. The van der Waals surface area contributed by atoms with Crippen molar-refractivity contribution in [1.29, 1.82) is 0 Å². The van der Waals surface area contributed by atoms with Crippen molar-refractivity contribution >= 4 is 46.0 Å². The van der Waals surface area contributed by atoms with Gasteiger partial charge < -0.3 is 26.8 Å². The fraction of sp³-hybridized carbons (Fsp3) is 0.391. The highest BCUT2D eigenvalue weighted by molar-refractivity contribution is 7.17. The van der Waals surface area contributed by atoms with E-state index in [0.717, 1.165) is 48.1 Å². The number of fused-ring (bicyclic) bond motifs is 1. The number of ether oxygens (including phenoxy) is 1. The first-order chi connectivity index (χ1) is 15.8. The van der Waals surface area contributed by atoms with Crippen molar-refractivity contribution in [3.05, 3.63) is 46.1 Å². The van der Waals surface area contributed by atoms with Crippen LogP contribution >= 0.6 is 11.3 Å². The summed E-state index contributed by atoms with van der Waals surface area (Å²) in [5.74, 6) is -0.252. The topological polar surface area (TPSA) is 149 Å². The SMILES string of the molecule is CC(=O)C=C(N)CNC(=O)OCC1CCc2c(sc(NC(=O)/C=C/C3=CN=CCC3)c2N)C1. The molecule has 1 atom stereocenters. The largest absolute Gasteiger partial charge is 0.449 e. The van der Waals surface area contributed by atoms with Gasteiger partial charge in [-0.05, 0) is 56.1 Å². The Morgan fingerprint density at radius 3 is 2.88 bits per heavy atom. The van der Waals surface area contributed by atoms with Gasteiger partial charge in [0.05, 0.1) is 18.8 Å². The van der Waals surface area contributed by atoms with E-state index in [1.807, 2.05) is 6.21 Å². The molecule has 1 aliphatic carbocycles. The van der Waals surface area contributed by atoms with Crippen LogP contribution in [0.3, 0.4) is 0 Å². The van der Waals surface area contributed by atoms with Crippen LogP contribution in [0.25, 0.3) is 0 Å². The Hall–Kier alpha value is -3.40. The first-order valence-corrected chi connectivity index (χ1v) is 11.6. The third kappa shape index (κ3) is 7.31. The molecule has 10 heteroatoms. The highest BCUT2D eigenvalue weighted by atomic mass is 32.1. The summed E-state index contributed by atoms with van der Waals surface area (Å²) in [6, 6.07) is 0. The number of thiophene rings is 1. The number of nitrogens with one attached hydrogen (secondary N) is 2. The van der Waals surface area contributed by atoms with Gasteiger partial charge in [-0.1, -0.05) is 6.08 Å². The molecule has 9 nitrogen and oxygen atoms in total. The molecule has 3 rings (SSSR count). The van der Waals surface area contributed by atoms with E-state index in [-0.39, 0.29) is 36.5 Å². The molecular formula is C23H29N5O4S. The summed E-state index contributed by atoms with van der Waals surface area (Å²) in [6.45, 7) is 1.70. The molecule has 176 valence electrons. The van der Waals surface area contributed by atoms with E-state index in [4.69, 9.17) is 16.2 Å². The normalized spacial score (nSPS) is 17.9. The number of anilines is 2. The van der Waals surface area contributed by atoms with Crippen LogP contribution in [0.4, 0.5) is 15.5 Å². The van der Waals surface area contributed by atoms with E-state index >= 15 is 0 Å². The molecule has 0 fully saturated rings. The Balaban J connectivity index is 1.49. The van der Waals surface area contributed by atoms with Crippen molar-refractivity contribution < 1.29 is 19.1 Å². The zero-order valence-corrected chi connectivity index (χ0v) is 19.4. The third-order valence-electron chi connectivity index (χ3n) is 5.28. The molecule has 0 spiro atoms. The average Bonchev–Trinajstić information content (AvgIpc) is 3.09. The van der Waals surface area contributed by atoms with Crippen molar-refractivity contribution in [1.82, 2.24) is 5.32 Å². The maximum Gasteiger partial charge on any atom is 0.407 e. The highest BCUT2D eigenvalue weighted by Crippen LogP contribution is 2.41. The predicted octanol–water partition coefficient (Wildman–Crippen LogP) is 2.84. The Morgan fingerprint density at radius 2 is 2.15 bits per heavy atom. The Kier molecular flexibility index (Phi) is 8.42. The minimum atomic E-state index is -0.579. The number of carbonyl (C=O) groups is 3. The lowest BCUT2D eigenvalue weighted by molar-refractivity contribution is -0.113. The van der Waals surface area contributed by atoms with Gasteiger partial charge in [-0.15, -0.1) is 11.3 Å². The first kappa shape index (κ1) is 24.2. The van der Waals surface area contributed by atoms with E-state index in [2.05, 4.69) is 15.6 Å². The predicted molar refractivity (Wildman–Crippen MR) is 130 cm³/mol. The second kappa shape index (κ2) is 11.5. The summed E-state index contributed by atoms with van der Waals surface area (Å²) in [7, 11) is 0. The fourth-order valence-electron chi connectivity index (χ4n) is 3.63. The molecule has 2 heterocycles. The number of nitrogens with two attached hydrogens (primary N) is 2. The lowest BCUT2D eigenvalue weighted by atomic mass is 9.89. The number of ketones is 1. The Morgan fingerprint density at radius 1 is 1.33 bits per heavy atom. The third-order valence-corrected chi connectivity index (χ3v) is 6.46. The number of hydrogen-bond acceptors (Lipinski definition) is 8. The summed E-state index contributed by atoms with van der Waals surface area (Å²) >= 11 is 1.47. The molecule has 1 aromatic rings. The number of nitrogens with zero attached hydrogens (tertiary/aromatic N) is 1. The van der Waals surface area contributed by atoms with Gasteiger partial charge in [0.15, 0.2) is 5.78 Å². The van der Waals surface area contributed by atoms with Crippen molar-refractivity contribution in [2.24, 2.45) is 16.6 Å². The second-order valence-electron chi connectivity index (χ2n) is 8.03. The lowest BCUT2D eigenvalue weighted by Gasteiger charge is -2.22. The number of aliphatic imine (C=N–C) groups is 1. The van der Waals surface area contributed by atoms with Gasteiger partial charge in [0.2, 0.25) is 5.91 Å². The van der Waals surface area contributed by atoms with Gasteiger partial charge >= 0.3 is 6.09 Å². The van der Waals surface area contributed by atoms with Gasteiger partial charge in [0.25, 0.3) is 0 Å². The van der Waals surface area contributed by atoms with E-state index in [1.54, 1.807) is 12.3 Å². The number of allylic oxidation sites excluding steroid dienone is 3. The maximum absolute atomic E-state index is 12.3. The minimum Gasteiger partial charge on any atom is -0.449 e. The molecule has 2 amide bonds. The standard InChI is InChI=1S/C23H29N5O4S/c1-14(29)9-17(24)12-27-23(31)32-13-16-4-6-18-19(10-16)33-22(21(18)25)28-20(30)7-5-15-3-2-8-26-11-15/h5,7-9,11,16H,2-4,6,10,12-13,24-25H2,1H3,(H,27,31)(H,28,30)/b7-5+,17-9?. The van der Waals surface area contributed by atoms with Crippen LogP contribution in [-0.4, -0.2) is 37.1 Å². The molecule has 33 heavy (non-hydrogen) atoms. The molecule has 0 saturated carbocycles. The number of amides is 2. The maximum atomic E-state index is 12.3. The smallest absolute Gasteiger partial charge is 0.407 e. The summed E-state index contributed by atoms with van der Waals surface area (Å²) in [5.41, 5.74) is 14.9. The molecule has 1 unspecified atom stereocenters. The fourth-order valence-corrected chi connectivity index (χ4v) is 4.91. The van der Waals surface area contributed by atoms with Crippen molar-refractivity contribution in [3.8, 4) is 0 Å². The highest BCUT2D eigenvalue weighted by Gasteiger charge is 2.26. The summed E-state index contributed by atoms with van der Waals surface area (Å²) in [4.78, 5) is 40.4. The van der Waals surface area contributed by atoms with Crippen LogP contribution in [0.2, 0.25) is 0 Å². The Bertz CT molecular complexity index is 1040. The number of alkyl carbamates (subject to hydrolysis) is 1. The molecule has 0 aromatic carbocycles. The van der Waals surface area contributed by atoms with Gasteiger partial charge in [-0.3, -0.25) is 14.6 Å². The van der Waals surface area contributed by atoms with Crippen molar-refractivity contribution in [2.45, 2.75) is 39.0 Å². The first-order valence-electron chi connectivity index (χ1n) is 10.8. The van der Waals surface area contributed by atoms with Gasteiger partial charge in [0.1, 0.15) is 5.00 Å². The van der Waals surface area contributed by atoms with Crippen molar-refractivity contribution in [3.63, 3.8) is 0 Å². The number of hydrogen-bond donors (Lipinski definition) is 4. The van der Waals surface area contributed by atoms with Crippen LogP contribution in [-0.2, 0) is 27.2 Å². The van der Waals surface area contributed by atoms with Crippen LogP contribution in [0.5, 0.6) is 0 Å². The number of rotatable bonds is 8. The number of carbonyl (C=O) groups excluding carboxylic acids is 3. The Labute approximate surface area is 196 Å². The van der Waals surface area contributed by atoms with E-state index < -0.39 is 6.09 Å². The van der Waals surface area contributed by atoms with E-state index in [1.165, 1.54) is 30.4 Å². The van der Waals surface area contributed by atoms with Crippen LogP contribution in [0.1, 0.15) is 36.6 Å². The quantitative estimate of drug-likeness (QED) is 0.428. The second-order valence-corrected chi connectivity index (χ2v) is 9.14. The molecule has 1 aliphatic heterocycles. The summed E-state index contributed by atoms with van der Waals surface area (Å²) in [6.07, 6.45) is 11.6. The summed E-state index contributed by atoms with van der Waals surface area (Å²) < 4.78 is 5.30. The monoisotopic (exact) mass is 471 g/mol. The van der Waals surface area contributed by atoms with Crippen LogP contribution in [0.15, 0.2) is 40.7 Å². The molecule has 0 bridgehead atoms.